The molecule has 0 bridgehead atoms. The average Bonchev–Trinajstić information content (AvgIpc) is 3.16. The summed E-state index contributed by atoms with van der Waals surface area (Å²) >= 11 is 0. The molecule has 0 spiro atoms. The van der Waals surface area contributed by atoms with Crippen molar-refractivity contribution >= 4 is 5.91 Å². The fourth-order valence-electron chi connectivity index (χ4n) is 2.56. The first-order valence-corrected chi connectivity index (χ1v) is 6.89. The van der Waals surface area contributed by atoms with Crippen molar-refractivity contribution in [1.29, 1.82) is 0 Å². The Morgan fingerprint density at radius 3 is 2.32 bits per heavy atom. The van der Waals surface area contributed by atoms with E-state index in [4.69, 9.17) is 10.5 Å². The third-order valence-corrected chi connectivity index (χ3v) is 4.15. The van der Waals surface area contributed by atoms with Crippen molar-refractivity contribution in [1.82, 2.24) is 0 Å². The molecule has 0 aromatic carbocycles. The lowest BCUT2D eigenvalue weighted by molar-refractivity contribution is -0.227. The number of carbonyl (C=O) groups excluding carboxylic acids is 1. The summed E-state index contributed by atoms with van der Waals surface area (Å²) in [5, 5.41) is 29.7. The number of hydrogen-bond donors (Lipinski definition) is 4. The molecule has 1 aliphatic carbocycles. The van der Waals surface area contributed by atoms with E-state index in [1.165, 1.54) is 0 Å². The number of rotatable bonds is 5. The van der Waals surface area contributed by atoms with E-state index in [1.807, 2.05) is 0 Å². The second-order valence-electron chi connectivity index (χ2n) is 5.90. The van der Waals surface area contributed by atoms with Gasteiger partial charge in [-0.15, -0.1) is 0 Å². The normalized spacial score (nSPS) is 40.9. The van der Waals surface area contributed by atoms with Crippen LogP contribution in [0.2, 0.25) is 0 Å². The SMILES string of the molecule is CC(CC1OC(CC2CC2)C(O)C(O)C1O)C(N)=O. The van der Waals surface area contributed by atoms with Crippen molar-refractivity contribution in [3.63, 3.8) is 0 Å². The lowest BCUT2D eigenvalue weighted by atomic mass is 9.88. The Hall–Kier alpha value is -0.690. The zero-order chi connectivity index (χ0) is 14.2. The molecule has 1 amide bonds. The standard InChI is InChI=1S/C13H23NO5/c1-6(13(14)18)4-8-10(15)12(17)11(16)9(19-8)5-7-2-3-7/h6-12,15-17H,2-5H2,1H3,(H2,14,18). The Morgan fingerprint density at radius 2 is 1.79 bits per heavy atom. The highest BCUT2D eigenvalue weighted by Gasteiger charge is 2.45. The molecule has 19 heavy (non-hydrogen) atoms. The molecule has 6 unspecified atom stereocenters. The zero-order valence-electron chi connectivity index (χ0n) is 11.1. The summed E-state index contributed by atoms with van der Waals surface area (Å²) in [5.41, 5.74) is 5.20. The lowest BCUT2D eigenvalue weighted by Crippen LogP contribution is -2.58. The molecule has 1 saturated carbocycles. The Bertz CT molecular complexity index is 333. The summed E-state index contributed by atoms with van der Waals surface area (Å²) in [6, 6.07) is 0. The van der Waals surface area contributed by atoms with Crippen LogP contribution >= 0.6 is 0 Å². The van der Waals surface area contributed by atoms with Crippen molar-refractivity contribution in [3.05, 3.63) is 0 Å². The molecule has 1 heterocycles. The molecule has 2 fully saturated rings. The highest BCUT2D eigenvalue weighted by Crippen LogP contribution is 2.37. The smallest absolute Gasteiger partial charge is 0.220 e. The summed E-state index contributed by atoms with van der Waals surface area (Å²) < 4.78 is 5.69. The van der Waals surface area contributed by atoms with E-state index >= 15 is 0 Å². The summed E-state index contributed by atoms with van der Waals surface area (Å²) in [4.78, 5) is 11.1. The van der Waals surface area contributed by atoms with Crippen LogP contribution in [0.15, 0.2) is 0 Å². The van der Waals surface area contributed by atoms with Gasteiger partial charge in [0.15, 0.2) is 0 Å². The molecular formula is C13H23NO5. The quantitative estimate of drug-likeness (QED) is 0.521. The molecule has 2 aliphatic rings. The fraction of sp³-hybridized carbons (Fsp3) is 0.923. The number of nitrogens with two attached hydrogens (primary N) is 1. The van der Waals surface area contributed by atoms with Crippen molar-refractivity contribution in [3.8, 4) is 0 Å². The van der Waals surface area contributed by atoms with Crippen LogP contribution in [-0.4, -0.2) is 51.7 Å². The molecule has 5 N–H and O–H groups in total. The predicted octanol–water partition coefficient (Wildman–Crippen LogP) is -0.852. The summed E-state index contributed by atoms with van der Waals surface area (Å²) in [5.74, 6) is -0.366. The minimum Gasteiger partial charge on any atom is -0.388 e. The van der Waals surface area contributed by atoms with Crippen LogP contribution in [0.1, 0.15) is 32.6 Å². The number of hydrogen-bond acceptors (Lipinski definition) is 5. The molecule has 1 saturated heterocycles. The Labute approximate surface area is 112 Å². The largest absolute Gasteiger partial charge is 0.388 e. The summed E-state index contributed by atoms with van der Waals surface area (Å²) in [7, 11) is 0. The summed E-state index contributed by atoms with van der Waals surface area (Å²) in [6.45, 7) is 1.66. The molecule has 110 valence electrons. The van der Waals surface area contributed by atoms with Gasteiger partial charge in [0.1, 0.15) is 18.3 Å². The Kier molecular flexibility index (Phi) is 4.45. The average molecular weight is 273 g/mol. The van der Waals surface area contributed by atoms with Gasteiger partial charge in [0.25, 0.3) is 0 Å². The van der Waals surface area contributed by atoms with E-state index in [0.717, 1.165) is 12.8 Å². The fourth-order valence-corrected chi connectivity index (χ4v) is 2.56. The maximum Gasteiger partial charge on any atom is 0.220 e. The molecule has 1 aliphatic heterocycles. The first-order chi connectivity index (χ1) is 8.90. The van der Waals surface area contributed by atoms with Crippen LogP contribution in [0.5, 0.6) is 0 Å². The van der Waals surface area contributed by atoms with E-state index in [0.29, 0.717) is 12.3 Å². The van der Waals surface area contributed by atoms with Gasteiger partial charge in [0.2, 0.25) is 5.91 Å². The van der Waals surface area contributed by atoms with Crippen LogP contribution in [-0.2, 0) is 9.53 Å². The Morgan fingerprint density at radius 1 is 1.21 bits per heavy atom. The molecule has 2 rings (SSSR count). The van der Waals surface area contributed by atoms with E-state index < -0.39 is 42.3 Å². The topological polar surface area (TPSA) is 113 Å². The zero-order valence-corrected chi connectivity index (χ0v) is 11.1. The van der Waals surface area contributed by atoms with Crippen LogP contribution in [0.3, 0.4) is 0 Å². The van der Waals surface area contributed by atoms with E-state index in [1.54, 1.807) is 6.92 Å². The minimum atomic E-state index is -1.23. The van der Waals surface area contributed by atoms with E-state index in [-0.39, 0.29) is 6.42 Å². The number of ether oxygens (including phenoxy) is 1. The number of carbonyl (C=O) groups is 1. The van der Waals surface area contributed by atoms with Gasteiger partial charge in [-0.05, 0) is 18.8 Å². The van der Waals surface area contributed by atoms with Gasteiger partial charge < -0.3 is 25.8 Å². The van der Waals surface area contributed by atoms with Crippen LogP contribution < -0.4 is 5.73 Å². The van der Waals surface area contributed by atoms with Crippen molar-refractivity contribution in [2.24, 2.45) is 17.6 Å². The maximum atomic E-state index is 11.1. The van der Waals surface area contributed by atoms with Gasteiger partial charge in [-0.25, -0.2) is 0 Å². The second kappa shape index (κ2) is 5.75. The van der Waals surface area contributed by atoms with Gasteiger partial charge in [-0.2, -0.15) is 0 Å². The third-order valence-electron chi connectivity index (χ3n) is 4.15. The second-order valence-corrected chi connectivity index (χ2v) is 5.90. The third kappa shape index (κ3) is 3.45. The van der Waals surface area contributed by atoms with E-state index in [9.17, 15) is 20.1 Å². The van der Waals surface area contributed by atoms with Gasteiger partial charge in [0.05, 0.1) is 12.2 Å². The number of amides is 1. The molecule has 6 atom stereocenters. The highest BCUT2D eigenvalue weighted by molar-refractivity contribution is 5.76. The van der Waals surface area contributed by atoms with Crippen LogP contribution in [0.25, 0.3) is 0 Å². The van der Waals surface area contributed by atoms with Crippen LogP contribution in [0.4, 0.5) is 0 Å². The monoisotopic (exact) mass is 273 g/mol. The van der Waals surface area contributed by atoms with Crippen molar-refractivity contribution in [2.75, 3.05) is 0 Å². The summed E-state index contributed by atoms with van der Waals surface area (Å²) in [6.07, 6.45) is -1.46. The molecule has 6 heteroatoms. The lowest BCUT2D eigenvalue weighted by Gasteiger charge is -2.41. The molecule has 0 aromatic rings. The van der Waals surface area contributed by atoms with E-state index in [2.05, 4.69) is 0 Å². The number of primary amides is 1. The van der Waals surface area contributed by atoms with Gasteiger partial charge in [-0.1, -0.05) is 19.8 Å². The maximum absolute atomic E-state index is 11.1. The first-order valence-electron chi connectivity index (χ1n) is 6.89. The van der Waals surface area contributed by atoms with Crippen molar-refractivity contribution in [2.45, 2.75) is 63.1 Å². The molecule has 0 radical (unpaired) electrons. The van der Waals surface area contributed by atoms with Gasteiger partial charge in [-0.3, -0.25) is 4.79 Å². The van der Waals surface area contributed by atoms with Gasteiger partial charge >= 0.3 is 0 Å². The van der Waals surface area contributed by atoms with Gasteiger partial charge in [0, 0.05) is 5.92 Å². The molecule has 0 aromatic heterocycles. The van der Waals surface area contributed by atoms with Crippen LogP contribution in [0, 0.1) is 11.8 Å². The Balaban J connectivity index is 1.98. The van der Waals surface area contributed by atoms with Crippen molar-refractivity contribution < 1.29 is 24.9 Å². The number of aliphatic hydroxyl groups is 3. The highest BCUT2D eigenvalue weighted by atomic mass is 16.5. The molecule has 6 nitrogen and oxygen atoms in total. The molecular weight excluding hydrogens is 250 g/mol. The predicted molar refractivity (Wildman–Crippen MR) is 67.0 cm³/mol. The minimum absolute atomic E-state index is 0.251. The number of aliphatic hydroxyl groups excluding tert-OH is 3. The first kappa shape index (κ1) is 14.7.